The third-order valence-corrected chi connectivity index (χ3v) is 2.79. The van der Waals surface area contributed by atoms with Crippen LogP contribution in [0, 0.1) is 5.82 Å². The quantitative estimate of drug-likeness (QED) is 0.805. The van der Waals surface area contributed by atoms with Crippen LogP contribution in [-0.2, 0) is 0 Å². The Morgan fingerprint density at radius 1 is 1.23 bits per heavy atom. The van der Waals surface area contributed by atoms with Gasteiger partial charge in [0.15, 0.2) is 10.7 Å². The third-order valence-electron chi connectivity index (χ3n) is 1.18. The molecule has 1 aromatic heterocycles. The molecule has 2 N–H and O–H groups in total. The number of carboxylic acid groups (broad SMARTS) is 2. The molecular weight excluding hydrogens is 223 g/mol. The molecule has 4 nitrogen and oxygen atoms in total. The minimum Gasteiger partial charge on any atom is -0.477 e. The van der Waals surface area contributed by atoms with E-state index >= 15 is 0 Å². The molecule has 0 radical (unpaired) electrons. The molecule has 1 aromatic rings. The maximum absolute atomic E-state index is 12.9. The summed E-state index contributed by atoms with van der Waals surface area (Å²) in [5.74, 6) is -4.17. The van der Waals surface area contributed by atoms with Crippen molar-refractivity contribution in [3.63, 3.8) is 0 Å². The van der Waals surface area contributed by atoms with Crippen molar-refractivity contribution in [2.45, 2.75) is 0 Å². The molecule has 1 heterocycles. The van der Waals surface area contributed by atoms with Gasteiger partial charge in [-0.1, -0.05) is 11.6 Å². The highest BCUT2D eigenvalue weighted by molar-refractivity contribution is 7.16. The Kier molecular flexibility index (Phi) is 2.53. The molecule has 1 rings (SSSR count). The van der Waals surface area contributed by atoms with Gasteiger partial charge < -0.3 is 10.2 Å². The fraction of sp³-hybridized carbons (Fsp3) is 0. The van der Waals surface area contributed by atoms with E-state index in [1.165, 1.54) is 0 Å². The van der Waals surface area contributed by atoms with Gasteiger partial charge in [0.2, 0.25) is 0 Å². The van der Waals surface area contributed by atoms with Crippen molar-refractivity contribution in [1.82, 2.24) is 0 Å². The SMILES string of the molecule is O=C(O)c1sc(C(=O)O)c(Cl)c1F. The van der Waals surface area contributed by atoms with Crippen LogP contribution in [0.1, 0.15) is 19.3 Å². The predicted octanol–water partition coefficient (Wildman–Crippen LogP) is 1.94. The fourth-order valence-corrected chi connectivity index (χ4v) is 1.76. The van der Waals surface area contributed by atoms with Gasteiger partial charge in [0, 0.05) is 0 Å². The molecule has 0 bridgehead atoms. The van der Waals surface area contributed by atoms with Crippen LogP contribution >= 0.6 is 22.9 Å². The minimum absolute atomic E-state index is 0.296. The van der Waals surface area contributed by atoms with Gasteiger partial charge in [0.1, 0.15) is 9.90 Å². The van der Waals surface area contributed by atoms with Crippen molar-refractivity contribution in [2.24, 2.45) is 0 Å². The fourth-order valence-electron chi connectivity index (χ4n) is 0.666. The van der Waals surface area contributed by atoms with Crippen molar-refractivity contribution >= 4 is 34.9 Å². The topological polar surface area (TPSA) is 74.6 Å². The highest BCUT2D eigenvalue weighted by atomic mass is 35.5. The molecule has 0 saturated carbocycles. The number of carboxylic acids is 2. The normalized spacial score (nSPS) is 10.0. The monoisotopic (exact) mass is 224 g/mol. The van der Waals surface area contributed by atoms with Crippen LogP contribution in [-0.4, -0.2) is 22.2 Å². The Morgan fingerprint density at radius 2 is 1.69 bits per heavy atom. The lowest BCUT2D eigenvalue weighted by molar-refractivity contribution is 0.0689. The zero-order valence-corrected chi connectivity index (χ0v) is 7.45. The van der Waals surface area contributed by atoms with Crippen LogP contribution in [0.4, 0.5) is 4.39 Å². The van der Waals surface area contributed by atoms with Crippen LogP contribution in [0.5, 0.6) is 0 Å². The molecule has 0 amide bonds. The second-order valence-corrected chi connectivity index (χ2v) is 3.40. The average molecular weight is 225 g/mol. The number of hydrogen-bond acceptors (Lipinski definition) is 3. The van der Waals surface area contributed by atoms with E-state index in [1.807, 2.05) is 0 Å². The largest absolute Gasteiger partial charge is 0.477 e. The lowest BCUT2D eigenvalue weighted by Gasteiger charge is -1.85. The number of hydrogen-bond donors (Lipinski definition) is 2. The molecule has 0 fully saturated rings. The number of rotatable bonds is 2. The molecule has 0 aliphatic rings. The molecule has 0 atom stereocenters. The summed E-state index contributed by atoms with van der Waals surface area (Å²) in [5.41, 5.74) is 0. The maximum Gasteiger partial charge on any atom is 0.348 e. The van der Waals surface area contributed by atoms with E-state index < -0.39 is 32.5 Å². The molecule has 13 heavy (non-hydrogen) atoms. The standard InChI is InChI=1S/C6H2ClFO4S/c7-1-2(8)4(6(11)12)13-3(1)5(9)10/h(H,9,10)(H,11,12). The van der Waals surface area contributed by atoms with Gasteiger partial charge in [-0.2, -0.15) is 0 Å². The summed E-state index contributed by atoms with van der Waals surface area (Å²) in [6.07, 6.45) is 0. The second-order valence-electron chi connectivity index (χ2n) is 2.00. The first-order chi connectivity index (χ1) is 5.95. The van der Waals surface area contributed by atoms with Crippen molar-refractivity contribution in [2.75, 3.05) is 0 Å². The van der Waals surface area contributed by atoms with Gasteiger partial charge >= 0.3 is 11.9 Å². The first-order valence-electron chi connectivity index (χ1n) is 2.89. The van der Waals surface area contributed by atoms with E-state index in [0.717, 1.165) is 0 Å². The number of halogens is 2. The average Bonchev–Trinajstić information content (AvgIpc) is 2.29. The molecule has 0 aromatic carbocycles. The Hall–Kier alpha value is -1.14. The number of thiophene rings is 1. The zero-order chi connectivity index (χ0) is 10.2. The van der Waals surface area contributed by atoms with Gasteiger partial charge in [-0.25, -0.2) is 14.0 Å². The van der Waals surface area contributed by atoms with Gasteiger partial charge in [-0.15, -0.1) is 11.3 Å². The van der Waals surface area contributed by atoms with Gasteiger partial charge in [0.25, 0.3) is 0 Å². The lowest BCUT2D eigenvalue weighted by atomic mass is 10.4. The lowest BCUT2D eigenvalue weighted by Crippen LogP contribution is -1.94. The second kappa shape index (κ2) is 3.31. The first-order valence-corrected chi connectivity index (χ1v) is 4.09. The third kappa shape index (κ3) is 1.63. The van der Waals surface area contributed by atoms with Gasteiger partial charge in [0.05, 0.1) is 0 Å². The van der Waals surface area contributed by atoms with Crippen LogP contribution < -0.4 is 0 Å². The van der Waals surface area contributed by atoms with E-state index in [0.29, 0.717) is 11.3 Å². The summed E-state index contributed by atoms with van der Waals surface area (Å²) in [4.78, 5) is 19.5. The van der Waals surface area contributed by atoms with Crippen molar-refractivity contribution in [3.8, 4) is 0 Å². The Labute approximate surface area is 80.2 Å². The van der Waals surface area contributed by atoms with E-state index in [-0.39, 0.29) is 0 Å². The van der Waals surface area contributed by atoms with Crippen LogP contribution in [0.2, 0.25) is 5.02 Å². The molecule has 0 unspecified atom stereocenters. The molecule has 0 saturated heterocycles. The van der Waals surface area contributed by atoms with Crippen LogP contribution in [0.3, 0.4) is 0 Å². The van der Waals surface area contributed by atoms with E-state index in [1.54, 1.807) is 0 Å². The van der Waals surface area contributed by atoms with Crippen LogP contribution in [0.25, 0.3) is 0 Å². The predicted molar refractivity (Wildman–Crippen MR) is 43.2 cm³/mol. The Balaban J connectivity index is 3.36. The highest BCUT2D eigenvalue weighted by Crippen LogP contribution is 2.31. The van der Waals surface area contributed by atoms with Crippen molar-refractivity contribution in [3.05, 3.63) is 20.6 Å². The molecule has 0 aliphatic carbocycles. The summed E-state index contributed by atoms with van der Waals surface area (Å²) < 4.78 is 12.9. The first kappa shape index (κ1) is 9.94. The van der Waals surface area contributed by atoms with E-state index in [4.69, 9.17) is 21.8 Å². The summed E-state index contributed by atoms with van der Waals surface area (Å²) in [5, 5.41) is 16.2. The van der Waals surface area contributed by atoms with Gasteiger partial charge in [-0.3, -0.25) is 0 Å². The van der Waals surface area contributed by atoms with E-state index in [9.17, 15) is 14.0 Å². The molecule has 70 valence electrons. The maximum atomic E-state index is 12.9. The molecular formula is C6H2ClFO4S. The zero-order valence-electron chi connectivity index (χ0n) is 5.88. The summed E-state index contributed by atoms with van der Waals surface area (Å²) in [7, 11) is 0. The smallest absolute Gasteiger partial charge is 0.348 e. The Morgan fingerprint density at radius 3 is 1.92 bits per heavy atom. The van der Waals surface area contributed by atoms with Crippen molar-refractivity contribution in [1.29, 1.82) is 0 Å². The summed E-state index contributed by atoms with van der Waals surface area (Å²) in [6.45, 7) is 0. The summed E-state index contributed by atoms with van der Waals surface area (Å²) in [6, 6.07) is 0. The Bertz CT molecular complexity index is 352. The van der Waals surface area contributed by atoms with Crippen molar-refractivity contribution < 1.29 is 24.2 Å². The molecule has 0 spiro atoms. The number of aromatic carboxylic acids is 2. The van der Waals surface area contributed by atoms with E-state index in [2.05, 4.69) is 0 Å². The van der Waals surface area contributed by atoms with Gasteiger partial charge in [-0.05, 0) is 0 Å². The molecule has 7 heteroatoms. The number of carbonyl (C=O) groups is 2. The van der Waals surface area contributed by atoms with Crippen LogP contribution in [0.15, 0.2) is 0 Å². The minimum atomic E-state index is -1.53. The summed E-state index contributed by atoms with van der Waals surface area (Å²) >= 11 is 5.54. The highest BCUT2D eigenvalue weighted by Gasteiger charge is 2.24. The molecule has 0 aliphatic heterocycles.